The van der Waals surface area contributed by atoms with Crippen molar-refractivity contribution < 1.29 is 24.5 Å². The van der Waals surface area contributed by atoms with E-state index >= 15 is 0 Å². The minimum absolute atomic E-state index is 0.00584. The van der Waals surface area contributed by atoms with Gasteiger partial charge < -0.3 is 20.3 Å². The van der Waals surface area contributed by atoms with Crippen LogP contribution >= 0.6 is 0 Å². The second-order valence-corrected chi connectivity index (χ2v) is 23.5. The van der Waals surface area contributed by atoms with E-state index in [9.17, 15) is 19.8 Å². The topological polar surface area (TPSA) is 95.9 Å². The van der Waals surface area contributed by atoms with E-state index in [2.05, 4.69) is 67.8 Å². The van der Waals surface area contributed by atoms with E-state index < -0.39 is 12.1 Å². The van der Waals surface area contributed by atoms with Crippen LogP contribution < -0.4 is 5.32 Å². The first kappa shape index (κ1) is 75.6. The highest BCUT2D eigenvalue weighted by Gasteiger charge is 2.18. The van der Waals surface area contributed by atoms with Gasteiger partial charge in [0.05, 0.1) is 25.4 Å². The highest BCUT2D eigenvalue weighted by Crippen LogP contribution is 2.17. The number of ether oxygens (including phenoxy) is 1. The van der Waals surface area contributed by atoms with E-state index in [-0.39, 0.29) is 18.5 Å². The number of allylic oxidation sites excluding steroid dienone is 9. The van der Waals surface area contributed by atoms with Crippen molar-refractivity contribution in [1.82, 2.24) is 5.32 Å². The molecular weight excluding hydrogens is 959 g/mol. The van der Waals surface area contributed by atoms with Gasteiger partial charge in [0.25, 0.3) is 0 Å². The fourth-order valence-corrected chi connectivity index (χ4v) is 10.5. The second-order valence-electron chi connectivity index (χ2n) is 23.5. The Morgan fingerprint density at radius 3 is 1.00 bits per heavy atom. The molecule has 456 valence electrons. The smallest absolute Gasteiger partial charge is 0.305 e. The largest absolute Gasteiger partial charge is 0.466 e. The number of amides is 1. The predicted octanol–water partition coefficient (Wildman–Crippen LogP) is 22.3. The van der Waals surface area contributed by atoms with E-state index in [1.165, 1.54) is 276 Å². The van der Waals surface area contributed by atoms with Crippen LogP contribution in [0.1, 0.15) is 361 Å². The average molecular weight is 1090 g/mol. The lowest BCUT2D eigenvalue weighted by molar-refractivity contribution is -0.143. The number of aliphatic hydroxyl groups excluding tert-OH is 2. The number of hydrogen-bond acceptors (Lipinski definition) is 5. The summed E-state index contributed by atoms with van der Waals surface area (Å²) >= 11 is 0. The molecule has 0 aliphatic rings. The van der Waals surface area contributed by atoms with Crippen molar-refractivity contribution in [3.05, 3.63) is 60.8 Å². The first-order valence-corrected chi connectivity index (χ1v) is 34.6. The molecule has 0 saturated carbocycles. The quantitative estimate of drug-likeness (QED) is 0.0320. The molecule has 0 rings (SSSR count). The molecule has 0 radical (unpaired) electrons. The van der Waals surface area contributed by atoms with Crippen LogP contribution in [0.4, 0.5) is 0 Å². The number of rotatable bonds is 64. The highest BCUT2D eigenvalue weighted by atomic mass is 16.5. The summed E-state index contributed by atoms with van der Waals surface area (Å²) in [4.78, 5) is 24.5. The number of carbonyl (C=O) groups excluding carboxylic acids is 2. The minimum atomic E-state index is -0.842. The SMILES string of the molecule is CCCCC/C=C\C/C=C\CCCCCCCCCC(=O)OCCCCCCCCCCC/C=C\C/C=C\CCCCCCCCCCCCCCCCCCCC(=O)NC(CO)C(O)/C=C/CCCCCCCCCCC. The maximum atomic E-state index is 12.4. The van der Waals surface area contributed by atoms with Crippen LogP contribution in [0.5, 0.6) is 0 Å². The van der Waals surface area contributed by atoms with Crippen LogP contribution in [0.15, 0.2) is 60.8 Å². The number of hydrogen-bond donors (Lipinski definition) is 3. The molecule has 0 aromatic carbocycles. The Labute approximate surface area is 486 Å². The molecule has 1 amide bonds. The number of nitrogens with one attached hydrogen (secondary N) is 1. The Bertz CT molecular complexity index is 1350. The molecule has 0 saturated heterocycles. The Balaban J connectivity index is 3.38. The molecule has 6 heteroatoms. The Morgan fingerprint density at radius 2 is 0.641 bits per heavy atom. The van der Waals surface area contributed by atoms with Crippen LogP contribution in [0, 0.1) is 0 Å². The van der Waals surface area contributed by atoms with Crippen molar-refractivity contribution >= 4 is 11.9 Å². The van der Waals surface area contributed by atoms with Gasteiger partial charge in [0, 0.05) is 12.8 Å². The van der Waals surface area contributed by atoms with Crippen molar-refractivity contribution in [2.75, 3.05) is 13.2 Å². The third kappa shape index (κ3) is 62.8. The standard InChI is InChI=1S/C72H133NO5/c1-3-5-7-9-11-13-15-16-17-35-39-42-46-50-54-58-62-66-72(77)78-67-63-59-55-51-47-43-40-37-34-32-30-28-26-24-22-20-18-19-21-23-25-27-29-31-33-36-38-41-45-49-53-57-61-65-71(76)73-69(68-74)70(75)64-60-56-52-48-44-14-12-10-8-6-4-2/h11,13,16-17,22,24,28,30,60,64,69-70,74-75H,3-10,12,14-15,18-21,23,25-27,29,31-59,61-63,65-68H2,1-2H3,(H,73,76)/b13-11-,17-16-,24-22-,30-28-,64-60+. The zero-order valence-electron chi connectivity index (χ0n) is 52.1. The lowest BCUT2D eigenvalue weighted by Gasteiger charge is -2.20. The maximum absolute atomic E-state index is 12.4. The lowest BCUT2D eigenvalue weighted by Crippen LogP contribution is -2.45. The summed E-state index contributed by atoms with van der Waals surface area (Å²) in [5, 5.41) is 23.0. The summed E-state index contributed by atoms with van der Waals surface area (Å²) in [6.07, 6.45) is 88.8. The molecule has 0 fully saturated rings. The molecule has 0 heterocycles. The first-order valence-electron chi connectivity index (χ1n) is 34.6. The van der Waals surface area contributed by atoms with Gasteiger partial charge in [-0.3, -0.25) is 9.59 Å². The van der Waals surface area contributed by atoms with E-state index in [0.717, 1.165) is 57.8 Å². The second kappa shape index (κ2) is 67.1. The van der Waals surface area contributed by atoms with Crippen molar-refractivity contribution in [1.29, 1.82) is 0 Å². The zero-order chi connectivity index (χ0) is 56.4. The van der Waals surface area contributed by atoms with Crippen LogP contribution in [0.3, 0.4) is 0 Å². The number of carbonyl (C=O) groups is 2. The third-order valence-electron chi connectivity index (χ3n) is 15.8. The molecule has 6 nitrogen and oxygen atoms in total. The molecular formula is C72H133NO5. The summed E-state index contributed by atoms with van der Waals surface area (Å²) < 4.78 is 5.49. The normalized spacial score (nSPS) is 12.9. The molecule has 0 spiro atoms. The summed E-state index contributed by atoms with van der Waals surface area (Å²) in [5.41, 5.74) is 0. The van der Waals surface area contributed by atoms with Crippen LogP contribution in [-0.4, -0.2) is 47.4 Å². The molecule has 0 bridgehead atoms. The molecule has 2 unspecified atom stereocenters. The van der Waals surface area contributed by atoms with E-state index in [4.69, 9.17) is 4.74 Å². The number of unbranched alkanes of at least 4 members (excludes halogenated alkanes) is 45. The third-order valence-corrected chi connectivity index (χ3v) is 15.8. The summed E-state index contributed by atoms with van der Waals surface area (Å²) in [7, 11) is 0. The molecule has 0 aliphatic heterocycles. The van der Waals surface area contributed by atoms with Gasteiger partial charge in [-0.15, -0.1) is 0 Å². The van der Waals surface area contributed by atoms with Gasteiger partial charge in [0.15, 0.2) is 0 Å². The zero-order valence-corrected chi connectivity index (χ0v) is 52.1. The average Bonchev–Trinajstić information content (AvgIpc) is 3.44. The molecule has 0 aromatic rings. The van der Waals surface area contributed by atoms with E-state index in [1.807, 2.05) is 6.08 Å². The summed E-state index contributed by atoms with van der Waals surface area (Å²) in [6.45, 7) is 4.87. The highest BCUT2D eigenvalue weighted by molar-refractivity contribution is 5.76. The van der Waals surface area contributed by atoms with Gasteiger partial charge in [-0.1, -0.05) is 312 Å². The van der Waals surface area contributed by atoms with Gasteiger partial charge in [-0.25, -0.2) is 0 Å². The fourth-order valence-electron chi connectivity index (χ4n) is 10.5. The molecule has 3 N–H and O–H groups in total. The van der Waals surface area contributed by atoms with Crippen LogP contribution in [-0.2, 0) is 14.3 Å². The van der Waals surface area contributed by atoms with Gasteiger partial charge in [-0.2, -0.15) is 0 Å². The first-order chi connectivity index (χ1) is 38.5. The summed E-state index contributed by atoms with van der Waals surface area (Å²) in [6, 6.07) is -0.626. The number of esters is 1. The fraction of sp³-hybridized carbons (Fsp3) is 0.833. The summed E-state index contributed by atoms with van der Waals surface area (Å²) in [5.74, 6) is -0.0611. The monoisotopic (exact) mass is 1090 g/mol. The lowest BCUT2D eigenvalue weighted by atomic mass is 10.0. The van der Waals surface area contributed by atoms with E-state index in [1.54, 1.807) is 6.08 Å². The minimum Gasteiger partial charge on any atom is -0.466 e. The van der Waals surface area contributed by atoms with Crippen LogP contribution in [0.2, 0.25) is 0 Å². The van der Waals surface area contributed by atoms with Crippen molar-refractivity contribution in [2.24, 2.45) is 0 Å². The van der Waals surface area contributed by atoms with Crippen molar-refractivity contribution in [3.8, 4) is 0 Å². The predicted molar refractivity (Wildman–Crippen MR) is 342 cm³/mol. The Hall–Kier alpha value is -2.44. The molecule has 0 aliphatic carbocycles. The molecule has 0 aromatic heterocycles. The van der Waals surface area contributed by atoms with Gasteiger partial charge in [0.1, 0.15) is 0 Å². The van der Waals surface area contributed by atoms with Gasteiger partial charge in [0.2, 0.25) is 5.91 Å². The maximum Gasteiger partial charge on any atom is 0.305 e. The Morgan fingerprint density at radius 1 is 0.359 bits per heavy atom. The molecule has 78 heavy (non-hydrogen) atoms. The molecule has 2 atom stereocenters. The van der Waals surface area contributed by atoms with E-state index in [0.29, 0.717) is 19.4 Å². The number of aliphatic hydroxyl groups is 2. The van der Waals surface area contributed by atoms with Crippen LogP contribution in [0.25, 0.3) is 0 Å². The van der Waals surface area contributed by atoms with Gasteiger partial charge >= 0.3 is 5.97 Å². The van der Waals surface area contributed by atoms with Crippen molar-refractivity contribution in [3.63, 3.8) is 0 Å². The van der Waals surface area contributed by atoms with Crippen molar-refractivity contribution in [2.45, 2.75) is 373 Å². The van der Waals surface area contributed by atoms with Gasteiger partial charge in [-0.05, 0) is 96.3 Å². The Kier molecular flexibility index (Phi) is 65.0.